The van der Waals surface area contributed by atoms with Gasteiger partial charge in [-0.2, -0.15) is 0 Å². The van der Waals surface area contributed by atoms with Gasteiger partial charge < -0.3 is 33.8 Å². The number of ether oxygens (including phenoxy) is 4. The standard InChI is InChI=1S/C73H142O17P2/c1-9-66(8)52-44-36-31-32-38-46-54-71(76)84-60-69(90-72(77)55-47-39-29-21-17-15-13-11-10-12-14-16-19-25-33-41-49-63(2)3)62-88-92(81,82)86-58-67(74)57-85-91(79,80)87-61-68(59-83-70(75)53-45-37-28-24-23-27-35-43-51-65(6)7)89-73(78)56-48-40-30-22-18-20-26-34-42-50-64(4)5/h63-69,74H,9-62H2,1-8H3,(H,79,80)(H,81,82)/t66?,67-,68-,69-/m1/s1. The lowest BCUT2D eigenvalue weighted by Crippen LogP contribution is -2.30. The van der Waals surface area contributed by atoms with Gasteiger partial charge in [-0.3, -0.25) is 37.3 Å². The van der Waals surface area contributed by atoms with Gasteiger partial charge in [0.25, 0.3) is 0 Å². The maximum Gasteiger partial charge on any atom is 0.472 e. The van der Waals surface area contributed by atoms with Gasteiger partial charge in [0.05, 0.1) is 26.4 Å². The molecule has 19 heteroatoms. The van der Waals surface area contributed by atoms with E-state index in [1.165, 1.54) is 161 Å². The zero-order valence-electron chi connectivity index (χ0n) is 60.2. The Morgan fingerprint density at radius 3 is 0.772 bits per heavy atom. The molecule has 92 heavy (non-hydrogen) atoms. The van der Waals surface area contributed by atoms with E-state index in [4.69, 9.17) is 37.0 Å². The molecule has 0 radical (unpaired) electrons. The highest BCUT2D eigenvalue weighted by atomic mass is 31.2. The second-order valence-electron chi connectivity index (χ2n) is 28.0. The highest BCUT2D eigenvalue weighted by Crippen LogP contribution is 2.45. The van der Waals surface area contributed by atoms with Crippen molar-refractivity contribution in [2.24, 2.45) is 23.7 Å². The number of carbonyl (C=O) groups excluding carboxylic acids is 4. The Morgan fingerprint density at radius 2 is 0.522 bits per heavy atom. The smallest absolute Gasteiger partial charge is 0.462 e. The minimum Gasteiger partial charge on any atom is -0.462 e. The molecule has 0 aromatic carbocycles. The van der Waals surface area contributed by atoms with Gasteiger partial charge in [-0.25, -0.2) is 9.13 Å². The summed E-state index contributed by atoms with van der Waals surface area (Å²) in [5.41, 5.74) is 0. The van der Waals surface area contributed by atoms with Crippen LogP contribution in [0.25, 0.3) is 0 Å². The highest BCUT2D eigenvalue weighted by molar-refractivity contribution is 7.47. The van der Waals surface area contributed by atoms with Crippen LogP contribution in [0, 0.1) is 23.7 Å². The molecule has 0 saturated carbocycles. The first kappa shape index (κ1) is 90.1. The van der Waals surface area contributed by atoms with E-state index in [0.29, 0.717) is 25.7 Å². The van der Waals surface area contributed by atoms with Crippen LogP contribution in [0.2, 0.25) is 0 Å². The molecule has 0 heterocycles. The Morgan fingerprint density at radius 1 is 0.304 bits per heavy atom. The van der Waals surface area contributed by atoms with Gasteiger partial charge in [-0.1, -0.05) is 312 Å². The molecular weight excluding hydrogens is 1210 g/mol. The largest absolute Gasteiger partial charge is 0.472 e. The first-order valence-electron chi connectivity index (χ1n) is 37.7. The molecular formula is C73H142O17P2. The van der Waals surface area contributed by atoms with Crippen molar-refractivity contribution < 1.29 is 80.2 Å². The average molecular weight is 1350 g/mol. The van der Waals surface area contributed by atoms with Crippen LogP contribution in [-0.2, 0) is 65.4 Å². The Balaban J connectivity index is 5.22. The lowest BCUT2D eigenvalue weighted by atomic mass is 10.00. The van der Waals surface area contributed by atoms with E-state index in [9.17, 15) is 43.2 Å². The van der Waals surface area contributed by atoms with Crippen molar-refractivity contribution in [1.29, 1.82) is 0 Å². The monoisotopic (exact) mass is 1350 g/mol. The highest BCUT2D eigenvalue weighted by Gasteiger charge is 2.30. The van der Waals surface area contributed by atoms with Crippen LogP contribution in [0.5, 0.6) is 0 Å². The molecule has 0 aromatic rings. The van der Waals surface area contributed by atoms with Crippen molar-refractivity contribution >= 4 is 39.5 Å². The van der Waals surface area contributed by atoms with Crippen LogP contribution in [0.1, 0.15) is 364 Å². The summed E-state index contributed by atoms with van der Waals surface area (Å²) in [6.07, 6.45) is 45.9. The molecule has 0 aliphatic carbocycles. The minimum absolute atomic E-state index is 0.104. The first-order valence-corrected chi connectivity index (χ1v) is 40.7. The number of hydrogen-bond acceptors (Lipinski definition) is 15. The second kappa shape index (κ2) is 62.6. The lowest BCUT2D eigenvalue weighted by molar-refractivity contribution is -0.161. The maximum atomic E-state index is 13.0. The van der Waals surface area contributed by atoms with Gasteiger partial charge in [0, 0.05) is 25.7 Å². The second-order valence-corrected chi connectivity index (χ2v) is 30.9. The van der Waals surface area contributed by atoms with E-state index in [1.807, 2.05) is 0 Å². The molecule has 0 rings (SSSR count). The summed E-state index contributed by atoms with van der Waals surface area (Å²) in [6, 6.07) is 0. The van der Waals surface area contributed by atoms with Crippen LogP contribution in [0.15, 0.2) is 0 Å². The summed E-state index contributed by atoms with van der Waals surface area (Å²) >= 11 is 0. The summed E-state index contributed by atoms with van der Waals surface area (Å²) in [5.74, 6) is 0.875. The molecule has 0 fully saturated rings. The van der Waals surface area contributed by atoms with Gasteiger partial charge in [0.15, 0.2) is 12.2 Å². The SMILES string of the molecule is CCC(C)CCCCCCCCC(=O)OC[C@H](COP(=O)(O)OC[C@H](O)COP(=O)(O)OC[C@@H](COC(=O)CCCCCCCCCCC(C)C)OC(=O)CCCCCCCCCCCC(C)C)OC(=O)CCCCCCCCCCCCCCCCCCC(C)C. The van der Waals surface area contributed by atoms with Gasteiger partial charge in [-0.15, -0.1) is 0 Å². The molecule has 0 saturated heterocycles. The van der Waals surface area contributed by atoms with Gasteiger partial charge in [0.1, 0.15) is 19.3 Å². The quantitative estimate of drug-likeness (QED) is 0.0222. The molecule has 17 nitrogen and oxygen atoms in total. The van der Waals surface area contributed by atoms with E-state index in [0.717, 1.165) is 120 Å². The fraction of sp³-hybridized carbons (Fsp3) is 0.945. The number of hydrogen-bond donors (Lipinski definition) is 3. The fourth-order valence-electron chi connectivity index (χ4n) is 11.0. The number of aliphatic hydroxyl groups is 1. The summed E-state index contributed by atoms with van der Waals surface area (Å²) in [7, 11) is -9.91. The number of aliphatic hydroxyl groups excluding tert-OH is 1. The maximum absolute atomic E-state index is 13.0. The van der Waals surface area contributed by atoms with Crippen LogP contribution in [0.3, 0.4) is 0 Å². The number of rotatable bonds is 70. The van der Waals surface area contributed by atoms with Crippen LogP contribution in [-0.4, -0.2) is 96.7 Å². The van der Waals surface area contributed by atoms with Crippen LogP contribution >= 0.6 is 15.6 Å². The molecule has 6 atom stereocenters. The molecule has 0 aliphatic heterocycles. The third-order valence-electron chi connectivity index (χ3n) is 17.2. The summed E-state index contributed by atoms with van der Waals surface area (Å²) in [5, 5.41) is 10.6. The fourth-order valence-corrected chi connectivity index (χ4v) is 12.6. The van der Waals surface area contributed by atoms with E-state index in [2.05, 4.69) is 55.4 Å². The van der Waals surface area contributed by atoms with E-state index in [1.54, 1.807) is 0 Å². The molecule has 0 amide bonds. The molecule has 546 valence electrons. The summed E-state index contributed by atoms with van der Waals surface area (Å²) < 4.78 is 68.4. The predicted octanol–water partition coefficient (Wildman–Crippen LogP) is 20.9. The van der Waals surface area contributed by atoms with Crippen molar-refractivity contribution in [2.75, 3.05) is 39.6 Å². The normalized spacial score (nSPS) is 14.5. The minimum atomic E-state index is -4.95. The molecule has 0 aromatic heterocycles. The van der Waals surface area contributed by atoms with Crippen molar-refractivity contribution in [3.63, 3.8) is 0 Å². The molecule has 3 unspecified atom stereocenters. The zero-order valence-corrected chi connectivity index (χ0v) is 62.0. The van der Waals surface area contributed by atoms with Crippen LogP contribution in [0.4, 0.5) is 0 Å². The number of phosphoric ester groups is 2. The zero-order chi connectivity index (χ0) is 68.2. The first-order chi connectivity index (χ1) is 44.1. The van der Waals surface area contributed by atoms with E-state index < -0.39 is 97.5 Å². The Bertz CT molecular complexity index is 1820. The van der Waals surface area contributed by atoms with E-state index in [-0.39, 0.29) is 25.7 Å². The van der Waals surface area contributed by atoms with Crippen molar-refractivity contribution in [2.45, 2.75) is 382 Å². The van der Waals surface area contributed by atoms with Gasteiger partial charge >= 0.3 is 39.5 Å². The van der Waals surface area contributed by atoms with Gasteiger partial charge in [-0.05, 0) is 49.4 Å². The summed E-state index contributed by atoms with van der Waals surface area (Å²) in [4.78, 5) is 72.6. The number of esters is 4. The molecule has 0 bridgehead atoms. The lowest BCUT2D eigenvalue weighted by Gasteiger charge is -2.21. The predicted molar refractivity (Wildman–Crippen MR) is 372 cm³/mol. The van der Waals surface area contributed by atoms with Gasteiger partial charge in [0.2, 0.25) is 0 Å². The van der Waals surface area contributed by atoms with Crippen molar-refractivity contribution in [3.05, 3.63) is 0 Å². The Kier molecular flexibility index (Phi) is 61.3. The third-order valence-corrected chi connectivity index (χ3v) is 19.1. The average Bonchev–Trinajstić information content (AvgIpc) is 1.95. The van der Waals surface area contributed by atoms with Crippen molar-refractivity contribution in [1.82, 2.24) is 0 Å². The third kappa shape index (κ3) is 65.4. The summed E-state index contributed by atoms with van der Waals surface area (Å²) in [6.45, 7) is 14.1. The molecule has 0 spiro atoms. The topological polar surface area (TPSA) is 237 Å². The number of carbonyl (C=O) groups is 4. The molecule has 3 N–H and O–H groups in total. The van der Waals surface area contributed by atoms with E-state index >= 15 is 0 Å². The Labute approximate surface area is 562 Å². The number of phosphoric acid groups is 2. The molecule has 0 aliphatic rings. The Hall–Kier alpha value is -1.94. The van der Waals surface area contributed by atoms with Crippen molar-refractivity contribution in [3.8, 4) is 0 Å². The van der Waals surface area contributed by atoms with Crippen LogP contribution < -0.4 is 0 Å². The number of unbranched alkanes of at least 4 members (excludes halogenated alkanes) is 35.